The fourth-order valence-electron chi connectivity index (χ4n) is 2.06. The fraction of sp³-hybridized carbons (Fsp3) is 0.200. The van der Waals surface area contributed by atoms with Crippen molar-refractivity contribution in [2.45, 2.75) is 20.4 Å². The zero-order valence-corrected chi connectivity index (χ0v) is 13.3. The number of halogens is 1. The Morgan fingerprint density at radius 3 is 2.74 bits per heavy atom. The van der Waals surface area contributed by atoms with Crippen molar-refractivity contribution in [3.8, 4) is 0 Å². The van der Waals surface area contributed by atoms with Crippen molar-refractivity contribution in [2.75, 3.05) is 5.32 Å². The summed E-state index contributed by atoms with van der Waals surface area (Å²) < 4.78 is 1.00. The lowest BCUT2D eigenvalue weighted by atomic mass is 10.2. The molecule has 0 fully saturated rings. The minimum atomic E-state index is -0.593. The van der Waals surface area contributed by atoms with Gasteiger partial charge in [-0.05, 0) is 31.5 Å². The van der Waals surface area contributed by atoms with Gasteiger partial charge in [0.15, 0.2) is 0 Å². The van der Waals surface area contributed by atoms with Gasteiger partial charge >= 0.3 is 0 Å². The summed E-state index contributed by atoms with van der Waals surface area (Å²) in [4.78, 5) is 34.3. The highest BCUT2D eigenvalue weighted by molar-refractivity contribution is 6.31. The number of nitro groups is 1. The van der Waals surface area contributed by atoms with Crippen molar-refractivity contribution in [3.05, 3.63) is 67.1 Å². The maximum Gasteiger partial charge on any atom is 0.288 e. The lowest BCUT2D eigenvalue weighted by Crippen LogP contribution is -2.27. The van der Waals surface area contributed by atoms with Gasteiger partial charge in [-0.25, -0.2) is 0 Å². The van der Waals surface area contributed by atoms with Crippen LogP contribution in [-0.2, 0) is 11.3 Å². The molecule has 23 heavy (non-hydrogen) atoms. The molecule has 0 bridgehead atoms. The van der Waals surface area contributed by atoms with E-state index in [1.807, 2.05) is 0 Å². The molecular formula is C15H14ClN3O4. The van der Waals surface area contributed by atoms with Crippen LogP contribution in [0.3, 0.4) is 0 Å². The molecule has 0 saturated carbocycles. The van der Waals surface area contributed by atoms with Gasteiger partial charge in [-0.2, -0.15) is 0 Å². The number of hydrogen-bond donors (Lipinski definition) is 1. The zero-order chi connectivity index (χ0) is 17.1. The number of hydrogen-bond acceptors (Lipinski definition) is 4. The summed E-state index contributed by atoms with van der Waals surface area (Å²) in [7, 11) is 0. The molecule has 1 aromatic heterocycles. The van der Waals surface area contributed by atoms with Gasteiger partial charge in [0.2, 0.25) is 5.91 Å². The van der Waals surface area contributed by atoms with E-state index in [1.165, 1.54) is 6.92 Å². The Balaban J connectivity index is 2.24. The van der Waals surface area contributed by atoms with E-state index in [0.29, 0.717) is 16.3 Å². The SMILES string of the molecule is Cc1cc(=O)n(CC(=O)Nc2cccc(Cl)c2C)cc1[N+](=O)[O-]. The van der Waals surface area contributed by atoms with Crippen molar-refractivity contribution < 1.29 is 9.72 Å². The van der Waals surface area contributed by atoms with E-state index < -0.39 is 16.4 Å². The third-order valence-electron chi connectivity index (χ3n) is 3.36. The maximum atomic E-state index is 12.1. The van der Waals surface area contributed by atoms with E-state index in [2.05, 4.69) is 5.32 Å². The minimum absolute atomic E-state index is 0.212. The second-order valence-corrected chi connectivity index (χ2v) is 5.43. The molecule has 0 aliphatic heterocycles. The molecule has 8 heteroatoms. The number of amides is 1. The molecule has 0 aliphatic rings. The van der Waals surface area contributed by atoms with Crippen LogP contribution in [0.2, 0.25) is 5.02 Å². The maximum absolute atomic E-state index is 12.1. The molecular weight excluding hydrogens is 322 g/mol. The van der Waals surface area contributed by atoms with Crippen LogP contribution < -0.4 is 10.9 Å². The third-order valence-corrected chi connectivity index (χ3v) is 3.77. The number of anilines is 1. The molecule has 1 N–H and O–H groups in total. The first-order chi connectivity index (χ1) is 10.8. The standard InChI is InChI=1S/C15H14ClN3O4/c1-9-6-15(21)18(7-13(9)19(22)23)8-14(20)17-12-5-3-4-11(16)10(12)2/h3-7H,8H2,1-2H3,(H,17,20). The number of aryl methyl sites for hydroxylation is 1. The smallest absolute Gasteiger partial charge is 0.288 e. The lowest BCUT2D eigenvalue weighted by Gasteiger charge is -2.10. The topological polar surface area (TPSA) is 94.2 Å². The number of carbonyl (C=O) groups excluding carboxylic acids is 1. The number of nitrogens with zero attached hydrogens (tertiary/aromatic N) is 2. The number of nitrogens with one attached hydrogen (secondary N) is 1. The molecule has 0 spiro atoms. The number of benzene rings is 1. The molecule has 0 unspecified atom stereocenters. The van der Waals surface area contributed by atoms with Crippen molar-refractivity contribution in [2.24, 2.45) is 0 Å². The number of aromatic nitrogens is 1. The summed E-state index contributed by atoms with van der Waals surface area (Å²) in [6.45, 7) is 2.89. The van der Waals surface area contributed by atoms with E-state index in [-0.39, 0.29) is 17.8 Å². The van der Waals surface area contributed by atoms with Crippen molar-refractivity contribution >= 4 is 28.9 Å². The lowest BCUT2D eigenvalue weighted by molar-refractivity contribution is -0.385. The molecule has 1 heterocycles. The molecule has 1 amide bonds. The minimum Gasteiger partial charge on any atom is -0.324 e. The Kier molecular flexibility index (Phi) is 4.80. The Labute approximate surface area is 136 Å². The van der Waals surface area contributed by atoms with Crippen LogP contribution >= 0.6 is 11.6 Å². The van der Waals surface area contributed by atoms with Crippen LogP contribution in [0.1, 0.15) is 11.1 Å². The fourth-order valence-corrected chi connectivity index (χ4v) is 2.23. The van der Waals surface area contributed by atoms with Gasteiger partial charge in [0.1, 0.15) is 6.54 Å². The third kappa shape index (κ3) is 3.75. The molecule has 0 saturated heterocycles. The molecule has 1 aromatic carbocycles. The van der Waals surface area contributed by atoms with E-state index >= 15 is 0 Å². The molecule has 120 valence electrons. The monoisotopic (exact) mass is 335 g/mol. The van der Waals surface area contributed by atoms with Crippen molar-refractivity contribution in [3.63, 3.8) is 0 Å². The predicted molar refractivity (Wildman–Crippen MR) is 86.9 cm³/mol. The quantitative estimate of drug-likeness (QED) is 0.686. The van der Waals surface area contributed by atoms with Crippen LogP contribution in [0.15, 0.2) is 35.3 Å². The van der Waals surface area contributed by atoms with Crippen LogP contribution in [0.4, 0.5) is 11.4 Å². The average molecular weight is 336 g/mol. The Hall–Kier alpha value is -2.67. The van der Waals surface area contributed by atoms with Gasteiger partial charge < -0.3 is 5.32 Å². The largest absolute Gasteiger partial charge is 0.324 e. The predicted octanol–water partition coefficient (Wildman–Crippen LogP) is 2.67. The number of rotatable bonds is 4. The highest BCUT2D eigenvalue weighted by atomic mass is 35.5. The molecule has 0 radical (unpaired) electrons. The van der Waals surface area contributed by atoms with E-state index in [4.69, 9.17) is 11.6 Å². The molecule has 7 nitrogen and oxygen atoms in total. The summed E-state index contributed by atoms with van der Waals surface area (Å²) in [5.41, 5.74) is 0.784. The first kappa shape index (κ1) is 16.7. The Bertz CT molecular complexity index is 845. The van der Waals surface area contributed by atoms with Gasteiger partial charge in [0.05, 0.1) is 11.1 Å². The average Bonchev–Trinajstić information content (AvgIpc) is 2.46. The highest BCUT2D eigenvalue weighted by Crippen LogP contribution is 2.23. The van der Waals surface area contributed by atoms with Gasteiger partial charge in [0.25, 0.3) is 11.2 Å². The van der Waals surface area contributed by atoms with Crippen LogP contribution in [0, 0.1) is 24.0 Å². The Morgan fingerprint density at radius 2 is 2.09 bits per heavy atom. The van der Waals surface area contributed by atoms with Gasteiger partial charge in [-0.3, -0.25) is 24.3 Å². The van der Waals surface area contributed by atoms with Gasteiger partial charge in [-0.15, -0.1) is 0 Å². The van der Waals surface area contributed by atoms with Crippen LogP contribution in [0.5, 0.6) is 0 Å². The normalized spacial score (nSPS) is 10.4. The second-order valence-electron chi connectivity index (χ2n) is 5.03. The number of pyridine rings is 1. The van der Waals surface area contributed by atoms with Gasteiger partial charge in [-0.1, -0.05) is 17.7 Å². The summed E-state index contributed by atoms with van der Waals surface area (Å²) >= 11 is 5.97. The summed E-state index contributed by atoms with van der Waals surface area (Å²) in [5, 5.41) is 14.1. The summed E-state index contributed by atoms with van der Waals surface area (Å²) in [5.74, 6) is -0.476. The molecule has 0 atom stereocenters. The highest BCUT2D eigenvalue weighted by Gasteiger charge is 2.15. The van der Waals surface area contributed by atoms with E-state index in [9.17, 15) is 19.7 Å². The summed E-state index contributed by atoms with van der Waals surface area (Å²) in [6, 6.07) is 6.20. The van der Waals surface area contributed by atoms with Crippen LogP contribution in [-0.4, -0.2) is 15.4 Å². The van der Waals surface area contributed by atoms with Gasteiger partial charge in [0, 0.05) is 22.3 Å². The van der Waals surface area contributed by atoms with Crippen LogP contribution in [0.25, 0.3) is 0 Å². The first-order valence-electron chi connectivity index (χ1n) is 6.70. The summed E-state index contributed by atoms with van der Waals surface area (Å²) in [6.07, 6.45) is 1.07. The first-order valence-corrected chi connectivity index (χ1v) is 7.08. The van der Waals surface area contributed by atoms with E-state index in [1.54, 1.807) is 25.1 Å². The second kappa shape index (κ2) is 6.62. The molecule has 0 aliphatic carbocycles. The Morgan fingerprint density at radius 1 is 1.39 bits per heavy atom. The van der Waals surface area contributed by atoms with E-state index in [0.717, 1.165) is 16.8 Å². The zero-order valence-electron chi connectivity index (χ0n) is 12.5. The van der Waals surface area contributed by atoms with Crippen molar-refractivity contribution in [1.82, 2.24) is 4.57 Å². The molecule has 2 rings (SSSR count). The molecule has 2 aromatic rings. The van der Waals surface area contributed by atoms with Crippen molar-refractivity contribution in [1.29, 1.82) is 0 Å². The number of carbonyl (C=O) groups is 1.